The summed E-state index contributed by atoms with van der Waals surface area (Å²) in [6.45, 7) is 2.41. The molecule has 1 amide bonds. The van der Waals surface area contributed by atoms with Crippen molar-refractivity contribution < 1.29 is 4.79 Å². The van der Waals surface area contributed by atoms with Gasteiger partial charge in [0.2, 0.25) is 5.78 Å². The lowest BCUT2D eigenvalue weighted by Gasteiger charge is -2.45. The standard InChI is InChI=1S/C20H20BrN5O/c21-17-13-22-19-24-16(5-8-26(17)19)18(27)25-9-6-20(7-10-25)11-14-3-1-2-4-15(14)12-23-20/h1-5,8,13,23H,6-7,9-12H2. The summed E-state index contributed by atoms with van der Waals surface area (Å²) in [5.41, 5.74) is 3.40. The van der Waals surface area contributed by atoms with E-state index < -0.39 is 0 Å². The zero-order valence-corrected chi connectivity index (χ0v) is 16.4. The number of hydrogen-bond acceptors (Lipinski definition) is 4. The van der Waals surface area contributed by atoms with E-state index >= 15 is 0 Å². The summed E-state index contributed by atoms with van der Waals surface area (Å²) in [4.78, 5) is 23.5. The lowest BCUT2D eigenvalue weighted by atomic mass is 9.78. The van der Waals surface area contributed by atoms with Crippen LogP contribution in [0.5, 0.6) is 0 Å². The van der Waals surface area contributed by atoms with E-state index in [4.69, 9.17) is 0 Å². The normalized spacial score (nSPS) is 18.6. The molecule has 1 N–H and O–H groups in total. The maximum absolute atomic E-state index is 12.9. The molecule has 2 aromatic heterocycles. The molecule has 1 spiro atoms. The van der Waals surface area contributed by atoms with Crippen molar-refractivity contribution in [1.29, 1.82) is 0 Å². The van der Waals surface area contributed by atoms with Crippen LogP contribution in [0.15, 0.2) is 47.3 Å². The molecule has 27 heavy (non-hydrogen) atoms. The Morgan fingerprint density at radius 1 is 1.15 bits per heavy atom. The molecule has 1 aromatic carbocycles. The number of benzene rings is 1. The maximum Gasteiger partial charge on any atom is 0.272 e. The molecule has 138 valence electrons. The lowest BCUT2D eigenvalue weighted by molar-refractivity contribution is 0.0625. The fourth-order valence-corrected chi connectivity index (χ4v) is 4.61. The molecule has 0 atom stereocenters. The summed E-state index contributed by atoms with van der Waals surface area (Å²) in [7, 11) is 0. The van der Waals surface area contributed by atoms with Crippen LogP contribution in [0.4, 0.5) is 0 Å². The molecule has 6 nitrogen and oxygen atoms in total. The number of hydrogen-bond donors (Lipinski definition) is 1. The number of carbonyl (C=O) groups is 1. The second kappa shape index (κ2) is 6.42. The van der Waals surface area contributed by atoms with Crippen LogP contribution in [-0.4, -0.2) is 43.8 Å². The molecule has 2 aliphatic rings. The van der Waals surface area contributed by atoms with Crippen LogP contribution >= 0.6 is 15.9 Å². The minimum Gasteiger partial charge on any atom is -0.337 e. The van der Waals surface area contributed by atoms with Gasteiger partial charge >= 0.3 is 0 Å². The van der Waals surface area contributed by atoms with Gasteiger partial charge in [0.1, 0.15) is 10.3 Å². The van der Waals surface area contributed by atoms with Crippen LogP contribution in [0.1, 0.15) is 34.5 Å². The summed E-state index contributed by atoms with van der Waals surface area (Å²) in [6, 6.07) is 10.4. The van der Waals surface area contributed by atoms with Crippen molar-refractivity contribution in [2.75, 3.05) is 13.1 Å². The number of aromatic nitrogens is 3. The van der Waals surface area contributed by atoms with Gasteiger partial charge in [0.15, 0.2) is 0 Å². The quantitative estimate of drug-likeness (QED) is 0.650. The Morgan fingerprint density at radius 2 is 1.93 bits per heavy atom. The van der Waals surface area contributed by atoms with Crippen LogP contribution in [0.3, 0.4) is 0 Å². The summed E-state index contributed by atoms with van der Waals surface area (Å²) >= 11 is 3.42. The summed E-state index contributed by atoms with van der Waals surface area (Å²) < 4.78 is 2.64. The number of imidazole rings is 1. The average molecular weight is 426 g/mol. The number of halogens is 1. The minimum absolute atomic E-state index is 0.0114. The molecular formula is C20H20BrN5O. The molecule has 0 unspecified atom stereocenters. The van der Waals surface area contributed by atoms with Gasteiger partial charge in [-0.1, -0.05) is 24.3 Å². The topological polar surface area (TPSA) is 62.5 Å². The number of nitrogens with one attached hydrogen (secondary N) is 1. The fourth-order valence-electron chi connectivity index (χ4n) is 4.23. The Labute approximate surface area is 165 Å². The molecule has 3 aromatic rings. The van der Waals surface area contributed by atoms with E-state index in [1.807, 2.05) is 15.5 Å². The van der Waals surface area contributed by atoms with Gasteiger partial charge in [-0.25, -0.2) is 9.97 Å². The van der Waals surface area contributed by atoms with Gasteiger partial charge in [-0.3, -0.25) is 9.20 Å². The van der Waals surface area contributed by atoms with Gasteiger partial charge in [0, 0.05) is 31.4 Å². The maximum atomic E-state index is 12.9. The highest BCUT2D eigenvalue weighted by atomic mass is 79.9. The molecule has 0 saturated carbocycles. The van der Waals surface area contributed by atoms with Crippen molar-refractivity contribution >= 4 is 27.6 Å². The fraction of sp³-hybridized carbons (Fsp3) is 0.350. The SMILES string of the molecule is O=C(c1ccn2c(Br)cnc2n1)N1CCC2(CC1)Cc1ccccc1CN2. The van der Waals surface area contributed by atoms with Gasteiger partial charge in [0.05, 0.1) is 6.20 Å². The molecule has 7 heteroatoms. The number of fused-ring (bicyclic) bond motifs is 2. The smallest absolute Gasteiger partial charge is 0.272 e. The van der Waals surface area contributed by atoms with Crippen molar-refractivity contribution in [2.24, 2.45) is 0 Å². The highest BCUT2D eigenvalue weighted by Gasteiger charge is 2.38. The number of piperidine rings is 1. The predicted molar refractivity (Wildman–Crippen MR) is 106 cm³/mol. The van der Waals surface area contributed by atoms with Crippen LogP contribution in [0.2, 0.25) is 0 Å². The lowest BCUT2D eigenvalue weighted by Crippen LogP contribution is -2.57. The third-order valence-corrected chi connectivity index (χ3v) is 6.45. The van der Waals surface area contributed by atoms with Crippen LogP contribution in [-0.2, 0) is 13.0 Å². The zero-order chi connectivity index (χ0) is 18.4. The first-order valence-corrected chi connectivity index (χ1v) is 10.0. The first-order chi connectivity index (χ1) is 13.1. The van der Waals surface area contributed by atoms with Gasteiger partial charge in [-0.05, 0) is 52.4 Å². The molecule has 5 rings (SSSR count). The summed E-state index contributed by atoms with van der Waals surface area (Å²) in [5.74, 6) is 0.523. The van der Waals surface area contributed by atoms with Crippen molar-refractivity contribution in [3.05, 3.63) is 64.1 Å². The van der Waals surface area contributed by atoms with E-state index in [1.165, 1.54) is 11.1 Å². The highest BCUT2D eigenvalue weighted by molar-refractivity contribution is 9.10. The van der Waals surface area contributed by atoms with Crippen molar-refractivity contribution in [3.8, 4) is 0 Å². The van der Waals surface area contributed by atoms with E-state index in [-0.39, 0.29) is 11.4 Å². The Morgan fingerprint density at radius 3 is 2.74 bits per heavy atom. The number of rotatable bonds is 1. The first kappa shape index (κ1) is 16.9. The highest BCUT2D eigenvalue weighted by Crippen LogP contribution is 2.32. The Hall–Kier alpha value is -2.25. The largest absolute Gasteiger partial charge is 0.337 e. The van der Waals surface area contributed by atoms with Crippen molar-refractivity contribution in [3.63, 3.8) is 0 Å². The molecule has 4 heterocycles. The Balaban J connectivity index is 1.30. The molecule has 0 bridgehead atoms. The molecule has 1 fully saturated rings. The number of nitrogens with zero attached hydrogens (tertiary/aromatic N) is 4. The first-order valence-electron chi connectivity index (χ1n) is 9.24. The van der Waals surface area contributed by atoms with Crippen LogP contribution in [0, 0.1) is 0 Å². The van der Waals surface area contributed by atoms with E-state index in [0.717, 1.165) is 43.5 Å². The molecule has 0 radical (unpaired) electrons. The van der Waals surface area contributed by atoms with E-state index in [1.54, 1.807) is 12.3 Å². The van der Waals surface area contributed by atoms with E-state index in [0.29, 0.717) is 11.5 Å². The number of likely N-dealkylation sites (tertiary alicyclic amines) is 1. The van der Waals surface area contributed by atoms with Gasteiger partial charge < -0.3 is 10.2 Å². The molecule has 2 aliphatic heterocycles. The van der Waals surface area contributed by atoms with Gasteiger partial charge in [0.25, 0.3) is 5.91 Å². The second-order valence-electron chi connectivity index (χ2n) is 7.44. The zero-order valence-electron chi connectivity index (χ0n) is 14.9. The third-order valence-electron chi connectivity index (χ3n) is 5.86. The van der Waals surface area contributed by atoms with E-state index in [9.17, 15) is 4.79 Å². The predicted octanol–water partition coefficient (Wildman–Crippen LogP) is 2.81. The summed E-state index contributed by atoms with van der Waals surface area (Å²) in [5, 5.41) is 3.74. The second-order valence-corrected chi connectivity index (χ2v) is 8.25. The van der Waals surface area contributed by atoms with Crippen LogP contribution in [0.25, 0.3) is 5.78 Å². The number of carbonyl (C=O) groups excluding carboxylic acids is 1. The van der Waals surface area contributed by atoms with Crippen molar-refractivity contribution in [2.45, 2.75) is 31.3 Å². The van der Waals surface area contributed by atoms with E-state index in [2.05, 4.69) is 55.5 Å². The van der Waals surface area contributed by atoms with Gasteiger partial charge in [-0.2, -0.15) is 0 Å². The number of amides is 1. The minimum atomic E-state index is -0.0114. The molecular weight excluding hydrogens is 406 g/mol. The van der Waals surface area contributed by atoms with Gasteiger partial charge in [-0.15, -0.1) is 0 Å². The monoisotopic (exact) mass is 425 g/mol. The molecule has 1 saturated heterocycles. The molecule has 0 aliphatic carbocycles. The third kappa shape index (κ3) is 2.95. The average Bonchev–Trinajstić information content (AvgIpc) is 3.08. The Bertz CT molecular complexity index is 1020. The summed E-state index contributed by atoms with van der Waals surface area (Å²) in [6.07, 6.45) is 6.48. The van der Waals surface area contributed by atoms with Crippen LogP contribution < -0.4 is 5.32 Å². The van der Waals surface area contributed by atoms with Crippen molar-refractivity contribution in [1.82, 2.24) is 24.6 Å². The Kier molecular flexibility index (Phi) is 4.02.